The Hall–Kier alpha value is -3.37. The molecular weight excluding hydrogens is 743 g/mol. The standard InChI is InChI=1S/C46H73O10P/c1-3-5-7-9-11-13-15-17-18-19-20-21-22-23-24-26-27-29-31-33-35-37-45(49)53-41-44(42-55-57(51,52)54-40-43(48)39-47)56-46(50)38-36-34-32-30-28-25-16-14-12-10-8-6-4-2/h6,8,10-14,16-18,20-21,23-25,28,30,32,43-44,47-48H,3-5,7,9,15,19,22,26-27,29,31,33-42H2,1-2H3,(H,51,52)/b8-6+,12-10+,13-11+,16-14+,18-17+,21-20+,24-23+,28-25+,32-30+/t43-,44?/m1/s1. The van der Waals surface area contributed by atoms with E-state index in [0.29, 0.717) is 19.3 Å². The van der Waals surface area contributed by atoms with Crippen LogP contribution < -0.4 is 0 Å². The van der Waals surface area contributed by atoms with E-state index in [4.69, 9.17) is 19.1 Å². The van der Waals surface area contributed by atoms with E-state index in [1.54, 1.807) is 0 Å². The Morgan fingerprint density at radius 1 is 0.561 bits per heavy atom. The van der Waals surface area contributed by atoms with Gasteiger partial charge in [0.1, 0.15) is 12.7 Å². The van der Waals surface area contributed by atoms with Gasteiger partial charge in [-0.3, -0.25) is 18.6 Å². The van der Waals surface area contributed by atoms with E-state index in [2.05, 4.69) is 73.1 Å². The van der Waals surface area contributed by atoms with Crippen LogP contribution in [0.1, 0.15) is 129 Å². The minimum atomic E-state index is -4.65. The van der Waals surface area contributed by atoms with Crippen molar-refractivity contribution in [1.82, 2.24) is 0 Å². The average Bonchev–Trinajstić information content (AvgIpc) is 3.20. The summed E-state index contributed by atoms with van der Waals surface area (Å²) in [6, 6.07) is 0. The first-order chi connectivity index (χ1) is 27.7. The highest BCUT2D eigenvalue weighted by molar-refractivity contribution is 7.47. The monoisotopic (exact) mass is 816 g/mol. The summed E-state index contributed by atoms with van der Waals surface area (Å²) in [4.78, 5) is 34.9. The van der Waals surface area contributed by atoms with Gasteiger partial charge in [0.25, 0.3) is 0 Å². The van der Waals surface area contributed by atoms with Crippen LogP contribution in [0.2, 0.25) is 0 Å². The Morgan fingerprint density at radius 3 is 1.65 bits per heavy atom. The molecule has 3 N–H and O–H groups in total. The summed E-state index contributed by atoms with van der Waals surface area (Å²) in [5.41, 5.74) is 0. The number of carbonyl (C=O) groups excluding carboxylic acids is 2. The van der Waals surface area contributed by atoms with Crippen LogP contribution in [-0.4, -0.2) is 65.7 Å². The van der Waals surface area contributed by atoms with Gasteiger partial charge in [0, 0.05) is 12.8 Å². The van der Waals surface area contributed by atoms with E-state index < -0.39 is 51.8 Å². The summed E-state index contributed by atoms with van der Waals surface area (Å²) in [6.07, 6.45) is 50.7. The SMILES string of the molecule is CC/C=C/C=C/C=C/C=C/C=C/CCCC(=O)OC(COC(=O)CCCCCCC/C=C/C/C=C/C/C=C/C/C=C/CCCCC)COP(=O)(O)OC[C@H](O)CO. The van der Waals surface area contributed by atoms with Gasteiger partial charge in [-0.05, 0) is 70.6 Å². The Bertz CT molecular complexity index is 1310. The fraction of sp³-hybridized carbons (Fsp3) is 0.565. The molecule has 0 saturated carbocycles. The number of aliphatic hydroxyl groups excluding tert-OH is 2. The van der Waals surface area contributed by atoms with Gasteiger partial charge in [-0.1, -0.05) is 155 Å². The van der Waals surface area contributed by atoms with Crippen molar-refractivity contribution in [2.45, 2.75) is 142 Å². The highest BCUT2D eigenvalue weighted by Gasteiger charge is 2.27. The first-order valence-corrected chi connectivity index (χ1v) is 22.4. The topological polar surface area (TPSA) is 149 Å². The van der Waals surface area contributed by atoms with Crippen molar-refractivity contribution in [3.63, 3.8) is 0 Å². The minimum Gasteiger partial charge on any atom is -0.462 e. The van der Waals surface area contributed by atoms with Crippen LogP contribution in [0, 0.1) is 0 Å². The number of carbonyl (C=O) groups is 2. The van der Waals surface area contributed by atoms with Crippen molar-refractivity contribution in [2.24, 2.45) is 0 Å². The second kappa shape index (κ2) is 40.8. The molecule has 2 unspecified atom stereocenters. The molecule has 0 aromatic heterocycles. The summed E-state index contributed by atoms with van der Waals surface area (Å²) in [6.45, 7) is 2.06. The van der Waals surface area contributed by atoms with Crippen molar-refractivity contribution < 1.29 is 47.8 Å². The third kappa shape index (κ3) is 40.6. The molecule has 0 heterocycles. The lowest BCUT2D eigenvalue weighted by atomic mass is 10.1. The number of rotatable bonds is 37. The summed E-state index contributed by atoms with van der Waals surface area (Å²) in [5, 5.41) is 18.3. The quantitative estimate of drug-likeness (QED) is 0.0182. The van der Waals surface area contributed by atoms with Gasteiger partial charge in [0.05, 0.1) is 19.8 Å². The molecular formula is C46H73O10P. The first kappa shape index (κ1) is 53.6. The molecule has 0 spiro atoms. The van der Waals surface area contributed by atoms with Crippen molar-refractivity contribution in [3.8, 4) is 0 Å². The minimum absolute atomic E-state index is 0.0763. The lowest BCUT2D eigenvalue weighted by molar-refractivity contribution is -0.161. The molecule has 0 fully saturated rings. The number of allylic oxidation sites excluding steroid dienone is 18. The Labute approximate surface area is 344 Å². The molecule has 0 rings (SSSR count). The van der Waals surface area contributed by atoms with E-state index >= 15 is 0 Å². The lowest BCUT2D eigenvalue weighted by Crippen LogP contribution is -2.29. The van der Waals surface area contributed by atoms with Crippen LogP contribution in [0.15, 0.2) is 109 Å². The molecule has 0 radical (unpaired) electrons. The van der Waals surface area contributed by atoms with Crippen LogP contribution in [0.25, 0.3) is 0 Å². The van der Waals surface area contributed by atoms with Crippen LogP contribution in [0.4, 0.5) is 0 Å². The largest absolute Gasteiger partial charge is 0.472 e. The van der Waals surface area contributed by atoms with Gasteiger partial charge in [-0.15, -0.1) is 0 Å². The number of hydrogen-bond acceptors (Lipinski definition) is 9. The van der Waals surface area contributed by atoms with Crippen molar-refractivity contribution in [3.05, 3.63) is 109 Å². The number of esters is 2. The van der Waals surface area contributed by atoms with Crippen LogP contribution in [0.5, 0.6) is 0 Å². The zero-order chi connectivity index (χ0) is 41.9. The van der Waals surface area contributed by atoms with Gasteiger partial charge < -0.3 is 24.6 Å². The number of phosphoric acid groups is 1. The summed E-state index contributed by atoms with van der Waals surface area (Å²) >= 11 is 0. The van der Waals surface area contributed by atoms with E-state index in [1.165, 1.54) is 25.7 Å². The third-order valence-electron chi connectivity index (χ3n) is 8.04. The zero-order valence-electron chi connectivity index (χ0n) is 34.7. The van der Waals surface area contributed by atoms with E-state index in [9.17, 15) is 24.2 Å². The number of hydrogen-bond donors (Lipinski definition) is 3. The average molecular weight is 817 g/mol. The van der Waals surface area contributed by atoms with Crippen molar-refractivity contribution >= 4 is 19.8 Å². The van der Waals surface area contributed by atoms with Gasteiger partial charge in [-0.25, -0.2) is 4.57 Å². The second-order valence-electron chi connectivity index (χ2n) is 13.4. The number of phosphoric ester groups is 1. The second-order valence-corrected chi connectivity index (χ2v) is 14.9. The maximum Gasteiger partial charge on any atom is 0.472 e. The molecule has 0 saturated heterocycles. The predicted octanol–water partition coefficient (Wildman–Crippen LogP) is 11.0. The number of unbranched alkanes of at least 4 members (excludes halogenated alkanes) is 9. The predicted molar refractivity (Wildman–Crippen MR) is 232 cm³/mol. The fourth-order valence-corrected chi connectivity index (χ4v) is 5.62. The van der Waals surface area contributed by atoms with Crippen LogP contribution >= 0.6 is 7.82 Å². The smallest absolute Gasteiger partial charge is 0.462 e. The Kier molecular flexibility index (Phi) is 38.4. The first-order valence-electron chi connectivity index (χ1n) is 20.9. The normalized spacial score (nSPS) is 15.0. The molecule has 0 aliphatic heterocycles. The number of ether oxygens (including phenoxy) is 2. The third-order valence-corrected chi connectivity index (χ3v) is 8.99. The molecule has 0 amide bonds. The highest BCUT2D eigenvalue weighted by atomic mass is 31.2. The van der Waals surface area contributed by atoms with E-state index in [0.717, 1.165) is 57.8 Å². The van der Waals surface area contributed by atoms with Gasteiger partial charge in [0.2, 0.25) is 0 Å². The molecule has 0 aromatic rings. The molecule has 322 valence electrons. The molecule has 0 aromatic carbocycles. The van der Waals surface area contributed by atoms with Crippen LogP contribution in [-0.2, 0) is 32.7 Å². The Morgan fingerprint density at radius 2 is 1.05 bits per heavy atom. The maximum atomic E-state index is 12.5. The summed E-state index contributed by atoms with van der Waals surface area (Å²) in [5.74, 6) is -1.05. The molecule has 0 aliphatic carbocycles. The lowest BCUT2D eigenvalue weighted by Gasteiger charge is -2.20. The Balaban J connectivity index is 4.43. The van der Waals surface area contributed by atoms with Gasteiger partial charge in [0.15, 0.2) is 6.10 Å². The molecule has 10 nitrogen and oxygen atoms in total. The summed E-state index contributed by atoms with van der Waals surface area (Å²) < 4.78 is 32.5. The van der Waals surface area contributed by atoms with Crippen molar-refractivity contribution in [2.75, 3.05) is 26.4 Å². The van der Waals surface area contributed by atoms with Crippen molar-refractivity contribution in [1.29, 1.82) is 0 Å². The number of aliphatic hydroxyl groups is 2. The fourth-order valence-electron chi connectivity index (χ4n) is 4.83. The van der Waals surface area contributed by atoms with Gasteiger partial charge >= 0.3 is 19.8 Å². The molecule has 0 aliphatic rings. The molecule has 11 heteroatoms. The molecule has 57 heavy (non-hydrogen) atoms. The summed E-state index contributed by atoms with van der Waals surface area (Å²) in [7, 11) is -4.65. The van der Waals surface area contributed by atoms with Gasteiger partial charge in [-0.2, -0.15) is 0 Å². The zero-order valence-corrected chi connectivity index (χ0v) is 35.6. The van der Waals surface area contributed by atoms with E-state index in [1.807, 2.05) is 54.7 Å². The van der Waals surface area contributed by atoms with E-state index in [-0.39, 0.29) is 19.4 Å². The maximum absolute atomic E-state index is 12.5. The molecule has 0 bridgehead atoms. The highest BCUT2D eigenvalue weighted by Crippen LogP contribution is 2.43. The van der Waals surface area contributed by atoms with Crippen LogP contribution in [0.3, 0.4) is 0 Å². The molecule has 3 atom stereocenters.